The van der Waals surface area contributed by atoms with Crippen molar-refractivity contribution in [1.29, 1.82) is 0 Å². The van der Waals surface area contributed by atoms with Crippen molar-refractivity contribution in [3.63, 3.8) is 0 Å². The lowest BCUT2D eigenvalue weighted by molar-refractivity contribution is 0.667. The molecule has 2 heteroatoms. The average molecular weight is 308 g/mol. The highest BCUT2D eigenvalue weighted by Gasteiger charge is 2.13. The molecule has 0 aliphatic heterocycles. The van der Waals surface area contributed by atoms with Gasteiger partial charge in [0.2, 0.25) is 0 Å². The first kappa shape index (κ1) is 12.2. The zero-order valence-electron chi connectivity index (χ0n) is 12.7. The topological polar surface area (TPSA) is 26.3 Å². The van der Waals surface area contributed by atoms with Gasteiger partial charge < -0.3 is 8.83 Å². The van der Waals surface area contributed by atoms with Crippen molar-refractivity contribution in [3.05, 3.63) is 72.8 Å². The molecule has 0 unspecified atom stereocenters. The van der Waals surface area contributed by atoms with Crippen LogP contribution < -0.4 is 0 Å². The SMILES string of the molecule is c1ccc2c(c1)oc1cc3c(ccc4c5ccccc5oc34)cc12. The zero-order valence-corrected chi connectivity index (χ0v) is 12.7. The summed E-state index contributed by atoms with van der Waals surface area (Å²) in [5, 5.41) is 6.86. The van der Waals surface area contributed by atoms with Gasteiger partial charge in [-0.2, -0.15) is 0 Å². The van der Waals surface area contributed by atoms with E-state index < -0.39 is 0 Å². The van der Waals surface area contributed by atoms with Crippen LogP contribution in [0.4, 0.5) is 0 Å². The van der Waals surface area contributed by atoms with Gasteiger partial charge in [0.1, 0.15) is 22.3 Å². The Morgan fingerprint density at radius 2 is 1.17 bits per heavy atom. The first-order valence-corrected chi connectivity index (χ1v) is 8.04. The molecule has 0 atom stereocenters. The Morgan fingerprint density at radius 3 is 2.00 bits per heavy atom. The van der Waals surface area contributed by atoms with E-state index in [1.54, 1.807) is 0 Å². The Balaban J connectivity index is 1.85. The summed E-state index contributed by atoms with van der Waals surface area (Å²) in [7, 11) is 0. The molecule has 0 aliphatic rings. The fourth-order valence-electron chi connectivity index (χ4n) is 3.73. The molecule has 2 aromatic heterocycles. The standard InChI is InChI=1S/C22H12O2/c1-4-8-20-14(5-1)16-10-9-13-11-18-15-6-2-3-7-19(15)23-21(18)12-17(13)22(16)24-20/h1-12H. The molecule has 0 radical (unpaired) electrons. The minimum atomic E-state index is 0.900. The molecule has 0 saturated carbocycles. The van der Waals surface area contributed by atoms with Gasteiger partial charge in [-0.1, -0.05) is 42.5 Å². The minimum Gasteiger partial charge on any atom is -0.456 e. The van der Waals surface area contributed by atoms with Crippen LogP contribution in [0, 0.1) is 0 Å². The third-order valence-corrected chi connectivity index (χ3v) is 4.86. The molecule has 0 aliphatic carbocycles. The van der Waals surface area contributed by atoms with Crippen molar-refractivity contribution in [2.45, 2.75) is 0 Å². The number of hydrogen-bond donors (Lipinski definition) is 0. The molecular formula is C22H12O2. The number of rotatable bonds is 0. The van der Waals surface area contributed by atoms with E-state index in [1.165, 1.54) is 5.39 Å². The monoisotopic (exact) mass is 308 g/mol. The van der Waals surface area contributed by atoms with Gasteiger partial charge in [-0.15, -0.1) is 0 Å². The number of para-hydroxylation sites is 2. The van der Waals surface area contributed by atoms with Gasteiger partial charge in [-0.3, -0.25) is 0 Å². The Hall–Kier alpha value is -3.26. The lowest BCUT2D eigenvalue weighted by Gasteiger charge is -1.99. The highest BCUT2D eigenvalue weighted by molar-refractivity contribution is 6.19. The molecule has 112 valence electrons. The summed E-state index contributed by atoms with van der Waals surface area (Å²) in [5.41, 5.74) is 3.67. The quantitative estimate of drug-likeness (QED) is 0.314. The molecule has 6 rings (SSSR count). The smallest absolute Gasteiger partial charge is 0.143 e. The van der Waals surface area contributed by atoms with Crippen LogP contribution in [0.25, 0.3) is 54.6 Å². The van der Waals surface area contributed by atoms with Gasteiger partial charge in [-0.05, 0) is 35.7 Å². The van der Waals surface area contributed by atoms with E-state index in [9.17, 15) is 0 Å². The molecule has 0 N–H and O–H groups in total. The van der Waals surface area contributed by atoms with Gasteiger partial charge in [0, 0.05) is 26.9 Å². The van der Waals surface area contributed by atoms with Crippen molar-refractivity contribution >= 4 is 54.6 Å². The van der Waals surface area contributed by atoms with Crippen molar-refractivity contribution in [1.82, 2.24) is 0 Å². The van der Waals surface area contributed by atoms with E-state index in [1.807, 2.05) is 36.4 Å². The van der Waals surface area contributed by atoms with Crippen molar-refractivity contribution in [3.8, 4) is 0 Å². The second kappa shape index (κ2) is 4.18. The third-order valence-electron chi connectivity index (χ3n) is 4.86. The van der Waals surface area contributed by atoms with Crippen LogP contribution in [-0.2, 0) is 0 Å². The van der Waals surface area contributed by atoms with Crippen LogP contribution in [0.5, 0.6) is 0 Å². The second-order valence-electron chi connectivity index (χ2n) is 6.21. The predicted octanol–water partition coefficient (Wildman–Crippen LogP) is 6.64. The summed E-state index contributed by atoms with van der Waals surface area (Å²) in [4.78, 5) is 0. The first-order valence-electron chi connectivity index (χ1n) is 8.04. The molecule has 2 heterocycles. The summed E-state index contributed by atoms with van der Waals surface area (Å²) < 4.78 is 12.2. The molecule has 2 nitrogen and oxygen atoms in total. The lowest BCUT2D eigenvalue weighted by atomic mass is 10.0. The fraction of sp³-hybridized carbons (Fsp3) is 0. The summed E-state index contributed by atoms with van der Waals surface area (Å²) in [6, 6.07) is 25.0. The fourth-order valence-corrected chi connectivity index (χ4v) is 3.73. The lowest BCUT2D eigenvalue weighted by Crippen LogP contribution is -1.75. The number of hydrogen-bond acceptors (Lipinski definition) is 2. The second-order valence-corrected chi connectivity index (χ2v) is 6.21. The number of furan rings is 2. The summed E-state index contributed by atoms with van der Waals surface area (Å²) in [6.07, 6.45) is 0. The molecule has 0 amide bonds. The van der Waals surface area contributed by atoms with E-state index >= 15 is 0 Å². The van der Waals surface area contributed by atoms with Crippen LogP contribution in [0.15, 0.2) is 81.6 Å². The number of fused-ring (bicyclic) bond motifs is 8. The summed E-state index contributed by atoms with van der Waals surface area (Å²) >= 11 is 0. The maximum atomic E-state index is 6.15. The first-order chi connectivity index (χ1) is 11.9. The zero-order chi connectivity index (χ0) is 15.7. The molecule has 0 fully saturated rings. The Kier molecular flexibility index (Phi) is 2.12. The van der Waals surface area contributed by atoms with Gasteiger partial charge in [0.05, 0.1) is 0 Å². The van der Waals surface area contributed by atoms with E-state index in [0.29, 0.717) is 0 Å². The molecule has 0 bridgehead atoms. The molecular weight excluding hydrogens is 296 g/mol. The van der Waals surface area contributed by atoms with Crippen molar-refractivity contribution in [2.24, 2.45) is 0 Å². The van der Waals surface area contributed by atoms with E-state index in [4.69, 9.17) is 8.83 Å². The Morgan fingerprint density at radius 1 is 0.458 bits per heavy atom. The van der Waals surface area contributed by atoms with Gasteiger partial charge in [0.25, 0.3) is 0 Å². The Labute approximate surface area is 136 Å². The van der Waals surface area contributed by atoms with Crippen LogP contribution in [0.3, 0.4) is 0 Å². The molecule has 0 saturated heterocycles. The molecule has 24 heavy (non-hydrogen) atoms. The van der Waals surface area contributed by atoms with Crippen LogP contribution in [0.1, 0.15) is 0 Å². The highest BCUT2D eigenvalue weighted by atomic mass is 16.3. The van der Waals surface area contributed by atoms with Gasteiger partial charge >= 0.3 is 0 Å². The normalized spacial score (nSPS) is 12.2. The predicted molar refractivity (Wildman–Crippen MR) is 98.5 cm³/mol. The summed E-state index contributed by atoms with van der Waals surface area (Å²) in [5.74, 6) is 0. The molecule has 4 aromatic carbocycles. The van der Waals surface area contributed by atoms with Gasteiger partial charge in [0.15, 0.2) is 0 Å². The highest BCUT2D eigenvalue weighted by Crippen LogP contribution is 2.37. The van der Waals surface area contributed by atoms with Crippen LogP contribution in [0.2, 0.25) is 0 Å². The van der Waals surface area contributed by atoms with Crippen LogP contribution in [-0.4, -0.2) is 0 Å². The molecule has 0 spiro atoms. The number of benzene rings is 4. The summed E-state index contributed by atoms with van der Waals surface area (Å²) in [6.45, 7) is 0. The minimum absolute atomic E-state index is 0.900. The Bertz CT molecular complexity index is 1390. The average Bonchev–Trinajstić information content (AvgIpc) is 3.18. The third kappa shape index (κ3) is 1.45. The molecule has 6 aromatic rings. The van der Waals surface area contributed by atoms with Gasteiger partial charge in [-0.25, -0.2) is 0 Å². The van der Waals surface area contributed by atoms with Crippen LogP contribution >= 0.6 is 0 Å². The maximum absolute atomic E-state index is 6.15. The van der Waals surface area contributed by atoms with Crippen molar-refractivity contribution < 1.29 is 8.83 Å². The van der Waals surface area contributed by atoms with Crippen molar-refractivity contribution in [2.75, 3.05) is 0 Å². The van der Waals surface area contributed by atoms with E-state index in [-0.39, 0.29) is 0 Å². The largest absolute Gasteiger partial charge is 0.456 e. The van der Waals surface area contributed by atoms with E-state index in [2.05, 4.69) is 36.4 Å². The maximum Gasteiger partial charge on any atom is 0.143 e. The van der Waals surface area contributed by atoms with E-state index in [0.717, 1.165) is 49.3 Å².